The van der Waals surface area contributed by atoms with Crippen LogP contribution >= 0.6 is 11.8 Å². The van der Waals surface area contributed by atoms with Gasteiger partial charge in [-0.25, -0.2) is 4.98 Å². The van der Waals surface area contributed by atoms with Crippen molar-refractivity contribution in [3.8, 4) is 39.6 Å². The third-order valence-corrected chi connectivity index (χ3v) is 15.3. The number of para-hydroxylation sites is 3. The summed E-state index contributed by atoms with van der Waals surface area (Å²) >= 11 is 1.84. The summed E-state index contributed by atoms with van der Waals surface area (Å²) in [5.41, 5.74) is 15.4. The molecule has 1 aliphatic heterocycles. The quantitative estimate of drug-likeness (QED) is 0.146. The predicted octanol–water partition coefficient (Wildman–Crippen LogP) is 17.0. The van der Waals surface area contributed by atoms with Gasteiger partial charge in [-0.3, -0.25) is 7.05 Å². The number of nitrogens with zero attached hydrogens (tertiary/aromatic N) is 3. The standard InChI is InChI=1S/C65H47N4OS.Pt/c1-64(2,3)44-36-37-66-60(38-44)69-56-33-19-30-52-61(56)62-53(65(52)50-28-11-15-34-58(50)71-59-35-16-12-29-51(59)65)40-47(41-57(62)69)70-46-25-17-24-45(39-46)67-54-31-13-14-32-55(54)68(4)63-48(42-20-7-5-8-21-42)26-18-27-49(63)43-22-9-6-10-23-43;/h5-38,40,67H,4H2,1-3H3;/q-3;. The molecule has 11 aromatic rings. The van der Waals surface area contributed by atoms with E-state index in [1.165, 1.54) is 48.4 Å². The molecule has 1 aliphatic carbocycles. The molecule has 72 heavy (non-hydrogen) atoms. The van der Waals surface area contributed by atoms with Gasteiger partial charge in [0, 0.05) is 76.6 Å². The van der Waals surface area contributed by atoms with Crippen molar-refractivity contribution in [3.63, 3.8) is 0 Å². The first-order chi connectivity index (χ1) is 34.8. The molecule has 0 radical (unpaired) electrons. The minimum Gasteiger partial charge on any atom is -0.509 e. The number of aromatic nitrogens is 2. The van der Waals surface area contributed by atoms with Gasteiger partial charge in [0.05, 0.1) is 11.1 Å². The number of anilines is 4. The molecule has 352 valence electrons. The van der Waals surface area contributed by atoms with Crippen LogP contribution in [0.1, 0.15) is 48.6 Å². The Kier molecular flexibility index (Phi) is 11.3. The molecule has 0 saturated carbocycles. The Bertz CT molecular complexity index is 3780. The number of hydrogen-bond acceptors (Lipinski definition) is 5. The summed E-state index contributed by atoms with van der Waals surface area (Å²) in [6.07, 6.45) is 1.93. The third kappa shape index (κ3) is 7.30. The van der Waals surface area contributed by atoms with Crippen molar-refractivity contribution in [1.29, 1.82) is 0 Å². The van der Waals surface area contributed by atoms with Crippen LogP contribution in [0.25, 0.3) is 49.9 Å². The van der Waals surface area contributed by atoms with Gasteiger partial charge in [0.1, 0.15) is 5.82 Å². The fourth-order valence-electron chi connectivity index (χ4n) is 11.0. The van der Waals surface area contributed by atoms with Gasteiger partial charge in [-0.15, -0.1) is 35.9 Å². The smallest absolute Gasteiger partial charge is 0.135 e. The van der Waals surface area contributed by atoms with E-state index in [0.717, 1.165) is 61.9 Å². The van der Waals surface area contributed by atoms with E-state index in [0.29, 0.717) is 11.5 Å². The van der Waals surface area contributed by atoms with Gasteiger partial charge < -0.3 is 19.5 Å². The van der Waals surface area contributed by atoms with Crippen LogP contribution in [-0.4, -0.2) is 9.55 Å². The Labute approximate surface area is 439 Å². The zero-order valence-corrected chi connectivity index (χ0v) is 43.0. The summed E-state index contributed by atoms with van der Waals surface area (Å²) < 4.78 is 9.31. The Hall–Kier alpha value is -7.63. The summed E-state index contributed by atoms with van der Waals surface area (Å²) in [6, 6.07) is 80.3. The van der Waals surface area contributed by atoms with Crippen LogP contribution in [-0.2, 0) is 31.9 Å². The number of rotatable bonds is 9. The molecule has 0 unspecified atom stereocenters. The Morgan fingerprint density at radius 3 is 1.90 bits per heavy atom. The topological polar surface area (TPSA) is 42.3 Å². The number of ether oxygens (including phenoxy) is 1. The van der Waals surface area contributed by atoms with Crippen molar-refractivity contribution in [2.24, 2.45) is 0 Å². The first-order valence-electron chi connectivity index (χ1n) is 24.0. The van der Waals surface area contributed by atoms with Crippen LogP contribution in [0.5, 0.6) is 11.5 Å². The molecule has 3 heterocycles. The zero-order chi connectivity index (χ0) is 47.8. The van der Waals surface area contributed by atoms with Crippen LogP contribution in [0.2, 0.25) is 0 Å². The molecule has 0 atom stereocenters. The van der Waals surface area contributed by atoms with Crippen molar-refractivity contribution in [1.82, 2.24) is 9.55 Å². The van der Waals surface area contributed by atoms with E-state index < -0.39 is 5.41 Å². The number of fused-ring (bicyclic) bond motifs is 6. The second-order valence-electron chi connectivity index (χ2n) is 19.3. The molecule has 7 heteroatoms. The van der Waals surface area contributed by atoms with E-state index in [2.05, 4.69) is 225 Å². The van der Waals surface area contributed by atoms with Gasteiger partial charge in [-0.2, -0.15) is 6.07 Å². The van der Waals surface area contributed by atoms with Crippen LogP contribution in [0.3, 0.4) is 0 Å². The average Bonchev–Trinajstić information content (AvgIpc) is 3.90. The second kappa shape index (κ2) is 17.9. The summed E-state index contributed by atoms with van der Waals surface area (Å²) in [6.45, 7) is 6.74. The van der Waals surface area contributed by atoms with Crippen LogP contribution in [0.4, 0.5) is 22.7 Å². The minimum atomic E-state index is -0.593. The Morgan fingerprint density at radius 1 is 0.597 bits per heavy atom. The number of hydrogen-bond donors (Lipinski definition) is 1. The molecule has 13 rings (SSSR count). The van der Waals surface area contributed by atoms with Crippen molar-refractivity contribution < 1.29 is 25.8 Å². The molecule has 2 aromatic heterocycles. The SMILES string of the molecule is [CH2-]N(c1ccccc1Nc1[c-]c(Oc2[c-]c3c4c(c2)C2(c5ccccc5Sc5ccccc52)c2cccc(c24)n3-c2cc(C(C)(C)C)ccn2)ccc1)c1c(-c2ccccc2)cccc1-c1ccccc1.[Pt]. The van der Waals surface area contributed by atoms with E-state index in [1.54, 1.807) is 0 Å². The first-order valence-corrected chi connectivity index (χ1v) is 24.9. The fourth-order valence-corrected chi connectivity index (χ4v) is 12.2. The van der Waals surface area contributed by atoms with Gasteiger partial charge in [0.15, 0.2) is 0 Å². The second-order valence-corrected chi connectivity index (χ2v) is 20.4. The zero-order valence-electron chi connectivity index (χ0n) is 39.9. The predicted molar refractivity (Wildman–Crippen MR) is 292 cm³/mol. The van der Waals surface area contributed by atoms with Gasteiger partial charge in [-0.05, 0) is 86.6 Å². The maximum absolute atomic E-state index is 7.03. The average molecular weight is 1130 g/mol. The number of pyridine rings is 1. The monoisotopic (exact) mass is 1130 g/mol. The van der Waals surface area contributed by atoms with Crippen molar-refractivity contribution in [3.05, 3.63) is 259 Å². The van der Waals surface area contributed by atoms with Crippen molar-refractivity contribution in [2.45, 2.75) is 41.4 Å². The summed E-state index contributed by atoms with van der Waals surface area (Å²) in [4.78, 5) is 9.58. The van der Waals surface area contributed by atoms with Gasteiger partial charge >= 0.3 is 0 Å². The number of nitrogens with one attached hydrogen (secondary N) is 1. The molecule has 5 nitrogen and oxygen atoms in total. The molecular formula is C65H47N4OPtS-3. The largest absolute Gasteiger partial charge is 0.509 e. The van der Waals surface area contributed by atoms with E-state index in [9.17, 15) is 0 Å². The Balaban J connectivity index is 0.00000530. The third-order valence-electron chi connectivity index (χ3n) is 14.2. The maximum atomic E-state index is 7.03. The molecule has 0 amide bonds. The van der Waals surface area contributed by atoms with E-state index in [4.69, 9.17) is 16.8 Å². The number of benzene rings is 9. The molecule has 1 N–H and O–H groups in total. The maximum Gasteiger partial charge on any atom is 0.135 e. The van der Waals surface area contributed by atoms with Crippen molar-refractivity contribution >= 4 is 56.3 Å². The summed E-state index contributed by atoms with van der Waals surface area (Å²) in [5, 5.41) is 6.10. The summed E-state index contributed by atoms with van der Waals surface area (Å²) in [7, 11) is 4.74. The molecule has 2 aliphatic rings. The molecule has 0 fully saturated rings. The van der Waals surface area contributed by atoms with E-state index in [-0.39, 0.29) is 26.5 Å². The molecule has 1 spiro atoms. The fraction of sp³-hybridized carbons (Fsp3) is 0.0769. The minimum absolute atomic E-state index is 0. The van der Waals surface area contributed by atoms with Gasteiger partial charge in [-0.1, -0.05) is 189 Å². The molecule has 9 aromatic carbocycles. The van der Waals surface area contributed by atoms with Crippen molar-refractivity contribution in [2.75, 3.05) is 10.2 Å². The summed E-state index contributed by atoms with van der Waals surface area (Å²) in [5.74, 6) is 2.00. The van der Waals surface area contributed by atoms with E-state index in [1.807, 2.05) is 47.1 Å². The normalized spacial score (nSPS) is 12.9. The van der Waals surface area contributed by atoms with Crippen LogP contribution in [0, 0.1) is 19.2 Å². The van der Waals surface area contributed by atoms with Crippen LogP contribution < -0.4 is 15.0 Å². The van der Waals surface area contributed by atoms with Gasteiger partial charge in [0.2, 0.25) is 0 Å². The molecule has 0 saturated heterocycles. The first kappa shape index (κ1) is 45.5. The van der Waals surface area contributed by atoms with Crippen LogP contribution in [0.15, 0.2) is 222 Å². The molecule has 0 bridgehead atoms. The van der Waals surface area contributed by atoms with E-state index >= 15 is 0 Å². The molecular weight excluding hydrogens is 1080 g/mol. The van der Waals surface area contributed by atoms with Gasteiger partial charge in [0.25, 0.3) is 0 Å². The Morgan fingerprint density at radius 2 is 1.21 bits per heavy atom.